The standard InChI is InChI=1S/C8H7F2N3O/c9-8(10)7-5(12)1-4(2-11)13-6(7)3-14/h1,8,14H,3H2,(H2,12,13). The second kappa shape index (κ2) is 3.98. The minimum atomic E-state index is -2.81. The zero-order chi connectivity index (χ0) is 10.7. The molecular weight excluding hydrogens is 192 g/mol. The average Bonchev–Trinajstić information content (AvgIpc) is 2.15. The van der Waals surface area contributed by atoms with Crippen LogP contribution >= 0.6 is 0 Å². The zero-order valence-corrected chi connectivity index (χ0v) is 7.04. The van der Waals surface area contributed by atoms with Crippen molar-refractivity contribution < 1.29 is 13.9 Å². The van der Waals surface area contributed by atoms with E-state index in [-0.39, 0.29) is 17.1 Å². The first kappa shape index (κ1) is 10.3. The molecular formula is C8H7F2N3O. The summed E-state index contributed by atoms with van der Waals surface area (Å²) in [4.78, 5) is 3.52. The van der Waals surface area contributed by atoms with Crippen molar-refractivity contribution in [3.8, 4) is 6.07 Å². The van der Waals surface area contributed by atoms with Crippen LogP contribution in [0.3, 0.4) is 0 Å². The maximum absolute atomic E-state index is 12.4. The van der Waals surface area contributed by atoms with E-state index in [0.717, 1.165) is 6.07 Å². The SMILES string of the molecule is N#Cc1cc(N)c(C(F)F)c(CO)n1. The molecule has 6 heteroatoms. The van der Waals surface area contributed by atoms with Gasteiger partial charge in [-0.05, 0) is 6.07 Å². The Hall–Kier alpha value is -1.74. The number of nitriles is 1. The van der Waals surface area contributed by atoms with Crippen molar-refractivity contribution in [2.24, 2.45) is 0 Å². The highest BCUT2D eigenvalue weighted by Crippen LogP contribution is 2.28. The summed E-state index contributed by atoms with van der Waals surface area (Å²) >= 11 is 0. The summed E-state index contributed by atoms with van der Waals surface area (Å²) in [5.74, 6) is 0. The number of aliphatic hydroxyl groups excluding tert-OH is 1. The minimum Gasteiger partial charge on any atom is -0.398 e. The zero-order valence-electron chi connectivity index (χ0n) is 7.04. The number of alkyl halides is 2. The van der Waals surface area contributed by atoms with Crippen LogP contribution in [0.5, 0.6) is 0 Å². The molecule has 3 N–H and O–H groups in total. The van der Waals surface area contributed by atoms with Crippen molar-refractivity contribution in [1.29, 1.82) is 5.26 Å². The van der Waals surface area contributed by atoms with Gasteiger partial charge in [-0.15, -0.1) is 0 Å². The second-order valence-corrected chi connectivity index (χ2v) is 2.53. The molecule has 0 fully saturated rings. The van der Waals surface area contributed by atoms with Gasteiger partial charge in [0, 0.05) is 5.69 Å². The molecule has 0 spiro atoms. The lowest BCUT2D eigenvalue weighted by molar-refractivity contribution is 0.147. The van der Waals surface area contributed by atoms with E-state index in [2.05, 4.69) is 4.98 Å². The number of anilines is 1. The Morgan fingerprint density at radius 3 is 2.71 bits per heavy atom. The number of aliphatic hydroxyl groups is 1. The molecule has 0 aliphatic rings. The van der Waals surface area contributed by atoms with Crippen molar-refractivity contribution in [2.45, 2.75) is 13.0 Å². The molecule has 1 heterocycles. The number of nitrogens with zero attached hydrogens (tertiary/aromatic N) is 2. The van der Waals surface area contributed by atoms with Crippen molar-refractivity contribution in [3.63, 3.8) is 0 Å². The van der Waals surface area contributed by atoms with Crippen LogP contribution in [0.15, 0.2) is 6.07 Å². The summed E-state index contributed by atoms with van der Waals surface area (Å²) in [7, 11) is 0. The first-order valence-corrected chi connectivity index (χ1v) is 3.68. The minimum absolute atomic E-state index is 0.0871. The maximum Gasteiger partial charge on any atom is 0.267 e. The number of pyridine rings is 1. The number of rotatable bonds is 2. The summed E-state index contributed by atoms with van der Waals surface area (Å²) in [6, 6.07) is 2.72. The molecule has 74 valence electrons. The summed E-state index contributed by atoms with van der Waals surface area (Å²) in [6.07, 6.45) is -2.81. The van der Waals surface area contributed by atoms with Gasteiger partial charge in [0.15, 0.2) is 0 Å². The van der Waals surface area contributed by atoms with Gasteiger partial charge in [-0.1, -0.05) is 0 Å². The molecule has 0 aromatic carbocycles. The van der Waals surface area contributed by atoms with E-state index in [4.69, 9.17) is 16.1 Å². The Balaban J connectivity index is 3.36. The first-order valence-electron chi connectivity index (χ1n) is 3.68. The van der Waals surface area contributed by atoms with E-state index < -0.39 is 18.6 Å². The van der Waals surface area contributed by atoms with Crippen LogP contribution in [0.1, 0.15) is 23.4 Å². The van der Waals surface area contributed by atoms with Crippen molar-refractivity contribution >= 4 is 5.69 Å². The van der Waals surface area contributed by atoms with E-state index in [1.807, 2.05) is 0 Å². The van der Waals surface area contributed by atoms with Gasteiger partial charge in [-0.3, -0.25) is 0 Å². The Morgan fingerprint density at radius 2 is 2.29 bits per heavy atom. The number of aromatic nitrogens is 1. The van der Waals surface area contributed by atoms with Crippen LogP contribution in [0, 0.1) is 11.3 Å². The quantitative estimate of drug-likeness (QED) is 0.743. The van der Waals surface area contributed by atoms with Gasteiger partial charge in [-0.25, -0.2) is 13.8 Å². The Morgan fingerprint density at radius 1 is 1.64 bits per heavy atom. The molecule has 0 saturated carbocycles. The lowest BCUT2D eigenvalue weighted by Crippen LogP contribution is -2.05. The predicted molar refractivity (Wildman–Crippen MR) is 44.2 cm³/mol. The molecule has 0 aliphatic heterocycles. The van der Waals surface area contributed by atoms with Gasteiger partial charge in [0.1, 0.15) is 11.8 Å². The van der Waals surface area contributed by atoms with Crippen molar-refractivity contribution in [2.75, 3.05) is 5.73 Å². The number of hydrogen-bond donors (Lipinski definition) is 2. The highest BCUT2D eigenvalue weighted by Gasteiger charge is 2.18. The maximum atomic E-state index is 12.4. The van der Waals surface area contributed by atoms with E-state index >= 15 is 0 Å². The number of nitrogen functional groups attached to an aromatic ring is 1. The molecule has 0 atom stereocenters. The molecule has 0 bridgehead atoms. The summed E-state index contributed by atoms with van der Waals surface area (Å²) in [5.41, 5.74) is 4.22. The van der Waals surface area contributed by atoms with Gasteiger partial charge >= 0.3 is 0 Å². The molecule has 14 heavy (non-hydrogen) atoms. The highest BCUT2D eigenvalue weighted by molar-refractivity contribution is 5.52. The fourth-order valence-corrected chi connectivity index (χ4v) is 1.06. The van der Waals surface area contributed by atoms with Gasteiger partial charge in [0.25, 0.3) is 6.43 Å². The molecule has 0 amide bonds. The third-order valence-electron chi connectivity index (χ3n) is 1.65. The van der Waals surface area contributed by atoms with Gasteiger partial charge < -0.3 is 10.8 Å². The fourth-order valence-electron chi connectivity index (χ4n) is 1.06. The summed E-state index contributed by atoms with van der Waals surface area (Å²) in [5, 5.41) is 17.2. The molecule has 0 unspecified atom stereocenters. The molecule has 0 radical (unpaired) electrons. The van der Waals surface area contributed by atoms with Crippen molar-refractivity contribution in [1.82, 2.24) is 4.98 Å². The Labute approximate surface area is 78.6 Å². The van der Waals surface area contributed by atoms with Crippen LogP contribution in [0.2, 0.25) is 0 Å². The second-order valence-electron chi connectivity index (χ2n) is 2.53. The van der Waals surface area contributed by atoms with E-state index in [0.29, 0.717) is 0 Å². The third kappa shape index (κ3) is 1.78. The van der Waals surface area contributed by atoms with E-state index in [1.54, 1.807) is 6.07 Å². The smallest absolute Gasteiger partial charge is 0.267 e. The summed E-state index contributed by atoms with van der Waals surface area (Å²) < 4.78 is 24.8. The van der Waals surface area contributed by atoms with Gasteiger partial charge in [0.05, 0.1) is 17.9 Å². The lowest BCUT2D eigenvalue weighted by atomic mass is 10.1. The number of halogens is 2. The molecule has 0 saturated heterocycles. The first-order chi connectivity index (χ1) is 6.60. The molecule has 1 aromatic rings. The largest absolute Gasteiger partial charge is 0.398 e. The predicted octanol–water partition coefficient (Wildman–Crippen LogP) is 0.965. The normalized spacial score (nSPS) is 10.2. The topological polar surface area (TPSA) is 82.9 Å². The lowest BCUT2D eigenvalue weighted by Gasteiger charge is -2.08. The van der Waals surface area contributed by atoms with Gasteiger partial charge in [-0.2, -0.15) is 5.26 Å². The Kier molecular flexibility index (Phi) is 2.94. The molecule has 1 aromatic heterocycles. The van der Waals surface area contributed by atoms with Crippen LogP contribution in [-0.2, 0) is 6.61 Å². The third-order valence-corrected chi connectivity index (χ3v) is 1.65. The number of hydrogen-bond acceptors (Lipinski definition) is 4. The van der Waals surface area contributed by atoms with Crippen molar-refractivity contribution in [3.05, 3.63) is 23.0 Å². The number of nitrogens with two attached hydrogens (primary N) is 1. The van der Waals surface area contributed by atoms with Crippen LogP contribution < -0.4 is 5.73 Å². The molecule has 4 nitrogen and oxygen atoms in total. The average molecular weight is 199 g/mol. The van der Waals surface area contributed by atoms with Gasteiger partial charge in [0.2, 0.25) is 0 Å². The van der Waals surface area contributed by atoms with E-state index in [1.165, 1.54) is 0 Å². The molecule has 1 rings (SSSR count). The monoisotopic (exact) mass is 199 g/mol. The fraction of sp³-hybridized carbons (Fsp3) is 0.250. The van der Waals surface area contributed by atoms with Crippen LogP contribution in [-0.4, -0.2) is 10.1 Å². The van der Waals surface area contributed by atoms with Crippen LogP contribution in [0.4, 0.5) is 14.5 Å². The highest BCUT2D eigenvalue weighted by atomic mass is 19.3. The van der Waals surface area contributed by atoms with Crippen LogP contribution in [0.25, 0.3) is 0 Å². The van der Waals surface area contributed by atoms with E-state index in [9.17, 15) is 8.78 Å². The molecule has 0 aliphatic carbocycles. The Bertz CT molecular complexity index is 387. The summed E-state index contributed by atoms with van der Waals surface area (Å²) in [6.45, 7) is -0.667.